The van der Waals surface area contributed by atoms with E-state index in [-0.39, 0.29) is 0 Å². The topological polar surface area (TPSA) is 32.5 Å². The summed E-state index contributed by atoms with van der Waals surface area (Å²) < 4.78 is 0. The summed E-state index contributed by atoms with van der Waals surface area (Å²) in [5, 5.41) is 0. The molecular formula is C17H29N3. The maximum absolute atomic E-state index is 6.12. The van der Waals surface area contributed by atoms with Crippen LogP contribution in [0, 0.1) is 5.92 Å². The molecule has 0 fully saturated rings. The smallest absolute Gasteiger partial charge is 0.0397 e. The van der Waals surface area contributed by atoms with Gasteiger partial charge in [-0.25, -0.2) is 0 Å². The van der Waals surface area contributed by atoms with Crippen LogP contribution < -0.4 is 10.6 Å². The molecule has 0 spiro atoms. The Morgan fingerprint density at radius 3 is 2.80 bits per heavy atom. The van der Waals surface area contributed by atoms with Crippen LogP contribution in [0.4, 0.5) is 5.69 Å². The van der Waals surface area contributed by atoms with Crippen LogP contribution in [0.3, 0.4) is 0 Å². The maximum Gasteiger partial charge on any atom is 0.0397 e. The van der Waals surface area contributed by atoms with Gasteiger partial charge in [-0.1, -0.05) is 26.0 Å². The zero-order chi connectivity index (χ0) is 14.7. The lowest BCUT2D eigenvalue weighted by Gasteiger charge is -2.21. The van der Waals surface area contributed by atoms with Gasteiger partial charge < -0.3 is 15.5 Å². The van der Waals surface area contributed by atoms with Crippen molar-refractivity contribution in [2.75, 3.05) is 32.1 Å². The summed E-state index contributed by atoms with van der Waals surface area (Å²) >= 11 is 0. The molecule has 0 aromatic heterocycles. The molecule has 20 heavy (non-hydrogen) atoms. The fourth-order valence-electron chi connectivity index (χ4n) is 2.81. The summed E-state index contributed by atoms with van der Waals surface area (Å²) in [6.07, 6.45) is 2.25. The van der Waals surface area contributed by atoms with Crippen molar-refractivity contribution in [3.63, 3.8) is 0 Å². The Bertz CT molecular complexity index is 442. The average molecular weight is 275 g/mol. The minimum Gasteiger partial charge on any atom is -0.374 e. The van der Waals surface area contributed by atoms with Gasteiger partial charge in [-0.05, 0) is 49.5 Å². The standard InChI is InChI=1S/C17H29N3/c1-13(2)16(18)8-9-19(3)12-14-5-6-17-15(11-14)7-10-20(17)4/h5-6,11,13,16H,7-10,12,18H2,1-4H3. The number of hydrogen-bond donors (Lipinski definition) is 1. The van der Waals surface area contributed by atoms with Crippen molar-refractivity contribution in [3.8, 4) is 0 Å². The molecule has 1 unspecified atom stereocenters. The van der Waals surface area contributed by atoms with Crippen LogP contribution in [-0.4, -0.2) is 38.1 Å². The van der Waals surface area contributed by atoms with Crippen molar-refractivity contribution in [1.82, 2.24) is 4.90 Å². The molecule has 1 aromatic carbocycles. The third kappa shape index (κ3) is 3.74. The summed E-state index contributed by atoms with van der Waals surface area (Å²) in [5.41, 5.74) is 10.4. The van der Waals surface area contributed by atoms with E-state index < -0.39 is 0 Å². The highest BCUT2D eigenvalue weighted by Crippen LogP contribution is 2.27. The van der Waals surface area contributed by atoms with Crippen LogP contribution in [0.2, 0.25) is 0 Å². The van der Waals surface area contributed by atoms with Gasteiger partial charge in [-0.2, -0.15) is 0 Å². The van der Waals surface area contributed by atoms with Gasteiger partial charge in [-0.3, -0.25) is 0 Å². The zero-order valence-corrected chi connectivity index (χ0v) is 13.4. The zero-order valence-electron chi connectivity index (χ0n) is 13.4. The first-order valence-corrected chi connectivity index (χ1v) is 7.74. The van der Waals surface area contributed by atoms with Crippen LogP contribution in [0.15, 0.2) is 18.2 Å². The van der Waals surface area contributed by atoms with Crippen LogP contribution in [0.25, 0.3) is 0 Å². The maximum atomic E-state index is 6.12. The minimum absolute atomic E-state index is 0.311. The lowest BCUT2D eigenvalue weighted by Crippen LogP contribution is -2.31. The number of hydrogen-bond acceptors (Lipinski definition) is 3. The van der Waals surface area contributed by atoms with Crippen molar-refractivity contribution in [2.24, 2.45) is 11.7 Å². The van der Waals surface area contributed by atoms with Crippen LogP contribution in [-0.2, 0) is 13.0 Å². The fraction of sp³-hybridized carbons (Fsp3) is 0.647. The third-order valence-electron chi connectivity index (χ3n) is 4.42. The normalized spacial score (nSPS) is 16.1. The summed E-state index contributed by atoms with van der Waals surface area (Å²) in [6.45, 7) is 7.62. The van der Waals surface area contributed by atoms with Crippen molar-refractivity contribution in [1.29, 1.82) is 0 Å². The summed E-state index contributed by atoms with van der Waals surface area (Å²) in [7, 11) is 4.36. The fourth-order valence-corrected chi connectivity index (χ4v) is 2.81. The van der Waals surface area contributed by atoms with Crippen molar-refractivity contribution in [2.45, 2.75) is 39.3 Å². The Labute approximate surface area is 123 Å². The van der Waals surface area contributed by atoms with Gasteiger partial charge in [-0.15, -0.1) is 0 Å². The molecule has 0 bridgehead atoms. The predicted octanol–water partition coefficient (Wildman–Crippen LogP) is 2.48. The molecule has 2 N–H and O–H groups in total. The first-order chi connectivity index (χ1) is 9.47. The van der Waals surface area contributed by atoms with Gasteiger partial charge in [0.1, 0.15) is 0 Å². The number of rotatable bonds is 6. The molecule has 1 heterocycles. The van der Waals surface area contributed by atoms with E-state index in [1.54, 1.807) is 0 Å². The second kappa shape index (κ2) is 6.59. The Morgan fingerprint density at radius 1 is 1.35 bits per heavy atom. The Morgan fingerprint density at radius 2 is 2.10 bits per heavy atom. The molecule has 0 saturated heterocycles. The minimum atomic E-state index is 0.311. The highest BCUT2D eigenvalue weighted by molar-refractivity contribution is 5.58. The molecule has 112 valence electrons. The predicted molar refractivity (Wildman–Crippen MR) is 87.2 cm³/mol. The van der Waals surface area contributed by atoms with Gasteiger partial charge in [0.2, 0.25) is 0 Å². The number of benzene rings is 1. The summed E-state index contributed by atoms with van der Waals surface area (Å²) in [6, 6.07) is 7.22. The van der Waals surface area contributed by atoms with Crippen LogP contribution >= 0.6 is 0 Å². The molecule has 1 aromatic rings. The lowest BCUT2D eigenvalue weighted by molar-refractivity contribution is 0.296. The van der Waals surface area contributed by atoms with Gasteiger partial charge in [0, 0.05) is 31.9 Å². The lowest BCUT2D eigenvalue weighted by atomic mass is 10.0. The number of anilines is 1. The molecule has 1 atom stereocenters. The summed E-state index contributed by atoms with van der Waals surface area (Å²) in [5.74, 6) is 0.568. The van der Waals surface area contributed by atoms with E-state index in [2.05, 4.69) is 55.9 Å². The molecule has 3 heteroatoms. The van der Waals surface area contributed by atoms with E-state index in [1.807, 2.05) is 0 Å². The first kappa shape index (κ1) is 15.3. The average Bonchev–Trinajstić information content (AvgIpc) is 2.77. The molecule has 0 aliphatic carbocycles. The number of fused-ring (bicyclic) bond motifs is 1. The van der Waals surface area contributed by atoms with E-state index in [0.717, 1.165) is 26.1 Å². The van der Waals surface area contributed by atoms with E-state index in [4.69, 9.17) is 5.73 Å². The highest BCUT2D eigenvalue weighted by atomic mass is 15.1. The number of nitrogens with two attached hydrogens (primary N) is 1. The van der Waals surface area contributed by atoms with Crippen molar-refractivity contribution < 1.29 is 0 Å². The van der Waals surface area contributed by atoms with Gasteiger partial charge >= 0.3 is 0 Å². The van der Waals surface area contributed by atoms with E-state index in [0.29, 0.717) is 12.0 Å². The van der Waals surface area contributed by atoms with Crippen molar-refractivity contribution >= 4 is 5.69 Å². The molecular weight excluding hydrogens is 246 g/mol. The third-order valence-corrected chi connectivity index (χ3v) is 4.42. The summed E-state index contributed by atoms with van der Waals surface area (Å²) in [4.78, 5) is 4.72. The van der Waals surface area contributed by atoms with Gasteiger partial charge in [0.05, 0.1) is 0 Å². The number of nitrogens with zero attached hydrogens (tertiary/aromatic N) is 2. The van der Waals surface area contributed by atoms with E-state index in [1.165, 1.54) is 23.2 Å². The molecule has 0 amide bonds. The molecule has 0 saturated carbocycles. The SMILES string of the molecule is CC(C)C(N)CCN(C)Cc1ccc2c(c1)CCN2C. The van der Waals surface area contributed by atoms with Crippen LogP contribution in [0.5, 0.6) is 0 Å². The van der Waals surface area contributed by atoms with Gasteiger partial charge in [0.15, 0.2) is 0 Å². The Balaban J connectivity index is 1.87. The molecule has 1 aliphatic heterocycles. The van der Waals surface area contributed by atoms with Crippen molar-refractivity contribution in [3.05, 3.63) is 29.3 Å². The van der Waals surface area contributed by atoms with Crippen LogP contribution in [0.1, 0.15) is 31.4 Å². The first-order valence-electron chi connectivity index (χ1n) is 7.74. The molecule has 1 aliphatic rings. The Hall–Kier alpha value is -1.06. The monoisotopic (exact) mass is 275 g/mol. The second-order valence-corrected chi connectivity index (χ2v) is 6.57. The van der Waals surface area contributed by atoms with E-state index in [9.17, 15) is 0 Å². The Kier molecular flexibility index (Phi) is 5.06. The highest BCUT2D eigenvalue weighted by Gasteiger charge is 2.16. The molecule has 0 radical (unpaired) electrons. The molecule has 2 rings (SSSR count). The van der Waals surface area contributed by atoms with E-state index >= 15 is 0 Å². The quantitative estimate of drug-likeness (QED) is 0.866. The number of likely N-dealkylation sites (N-methyl/N-ethyl adjacent to an activating group) is 1. The molecule has 3 nitrogen and oxygen atoms in total. The largest absolute Gasteiger partial charge is 0.374 e. The second-order valence-electron chi connectivity index (χ2n) is 6.57. The van der Waals surface area contributed by atoms with Gasteiger partial charge in [0.25, 0.3) is 0 Å².